The van der Waals surface area contributed by atoms with Gasteiger partial charge in [0.2, 0.25) is 0 Å². The monoisotopic (exact) mass is 478 g/mol. The lowest BCUT2D eigenvalue weighted by Crippen LogP contribution is -2.25. The van der Waals surface area contributed by atoms with Crippen molar-refractivity contribution in [1.82, 2.24) is 0 Å². The number of ether oxygens (including phenoxy) is 1. The van der Waals surface area contributed by atoms with Crippen molar-refractivity contribution in [3.8, 4) is 17.1 Å². The number of benzene rings is 3. The molecule has 7 heteroatoms. The summed E-state index contributed by atoms with van der Waals surface area (Å²) >= 11 is 0. The highest BCUT2D eigenvalue weighted by atomic mass is 16.6. The zero-order valence-corrected chi connectivity index (χ0v) is 19.5. The number of carbonyl (C=O) groups is 1. The zero-order chi connectivity index (χ0) is 25.1. The highest BCUT2D eigenvalue weighted by Gasteiger charge is 2.32. The summed E-state index contributed by atoms with van der Waals surface area (Å²) in [6.45, 7) is 2.38. The first kappa shape index (κ1) is 22.9. The third kappa shape index (κ3) is 4.42. The average molecular weight is 479 g/mol. The minimum Gasteiger partial charge on any atom is -0.492 e. The summed E-state index contributed by atoms with van der Waals surface area (Å²) < 4.78 is 11.8. The van der Waals surface area contributed by atoms with Gasteiger partial charge in [0.1, 0.15) is 17.3 Å². The van der Waals surface area contributed by atoms with Gasteiger partial charge in [-0.2, -0.15) is 0 Å². The average Bonchev–Trinajstić information content (AvgIpc) is 3.50. The number of anilines is 1. The quantitative estimate of drug-likeness (QED) is 0.167. The molecule has 0 fully saturated rings. The molecule has 0 aliphatic carbocycles. The summed E-state index contributed by atoms with van der Waals surface area (Å²) in [5.74, 6) is 1.47. The van der Waals surface area contributed by atoms with E-state index < -0.39 is 4.92 Å². The summed E-state index contributed by atoms with van der Waals surface area (Å²) in [7, 11) is 0. The maximum Gasteiger partial charge on any atom is 0.269 e. The highest BCUT2D eigenvalue weighted by molar-refractivity contribution is 6.23. The van der Waals surface area contributed by atoms with E-state index in [-0.39, 0.29) is 11.6 Å². The van der Waals surface area contributed by atoms with Crippen LogP contribution in [-0.2, 0) is 4.79 Å². The predicted molar refractivity (Wildman–Crippen MR) is 138 cm³/mol. The molecule has 7 nitrogen and oxygen atoms in total. The fraction of sp³-hybridized carbons (Fsp3) is 0.0690. The third-order valence-electron chi connectivity index (χ3n) is 5.75. The molecule has 1 amide bonds. The van der Waals surface area contributed by atoms with Crippen molar-refractivity contribution in [2.24, 2.45) is 0 Å². The van der Waals surface area contributed by atoms with Gasteiger partial charge in [0.15, 0.2) is 0 Å². The van der Waals surface area contributed by atoms with E-state index >= 15 is 0 Å². The molecule has 2 heterocycles. The number of amides is 1. The minimum atomic E-state index is -0.445. The molecular formula is C29H22N2O5. The number of nitro groups is 1. The molecule has 1 aliphatic heterocycles. The third-order valence-corrected chi connectivity index (χ3v) is 5.75. The van der Waals surface area contributed by atoms with E-state index in [2.05, 4.69) is 0 Å². The first-order chi connectivity index (χ1) is 17.5. The topological polar surface area (TPSA) is 85.8 Å². The van der Waals surface area contributed by atoms with Crippen LogP contribution in [0.2, 0.25) is 0 Å². The first-order valence-corrected chi connectivity index (χ1v) is 11.4. The van der Waals surface area contributed by atoms with Crippen LogP contribution in [0.1, 0.15) is 18.2 Å². The molecule has 0 atom stereocenters. The molecule has 0 saturated carbocycles. The van der Waals surface area contributed by atoms with Crippen molar-refractivity contribution in [2.75, 3.05) is 11.5 Å². The molecule has 1 aliphatic rings. The summed E-state index contributed by atoms with van der Waals surface area (Å²) in [4.78, 5) is 25.8. The van der Waals surface area contributed by atoms with Gasteiger partial charge in [0.05, 0.1) is 22.9 Å². The van der Waals surface area contributed by atoms with Gasteiger partial charge in [0.25, 0.3) is 11.6 Å². The van der Waals surface area contributed by atoms with Crippen molar-refractivity contribution < 1.29 is 18.9 Å². The van der Waals surface area contributed by atoms with Gasteiger partial charge in [-0.1, -0.05) is 42.5 Å². The Morgan fingerprint density at radius 2 is 1.64 bits per heavy atom. The van der Waals surface area contributed by atoms with Crippen molar-refractivity contribution in [1.29, 1.82) is 0 Å². The second kappa shape index (κ2) is 9.76. The number of carbonyl (C=O) groups excluding carboxylic acids is 1. The number of hydrogen-bond donors (Lipinski definition) is 0. The minimum absolute atomic E-state index is 0.00945. The van der Waals surface area contributed by atoms with Crippen LogP contribution in [0.15, 0.2) is 107 Å². The van der Waals surface area contributed by atoms with E-state index in [1.807, 2.05) is 67.6 Å². The van der Waals surface area contributed by atoms with Gasteiger partial charge in [-0.3, -0.25) is 19.8 Å². The van der Waals surface area contributed by atoms with Crippen LogP contribution in [0.5, 0.6) is 5.75 Å². The summed E-state index contributed by atoms with van der Waals surface area (Å²) in [5.41, 5.74) is 3.47. The van der Waals surface area contributed by atoms with Gasteiger partial charge < -0.3 is 9.15 Å². The van der Waals surface area contributed by atoms with Crippen LogP contribution < -0.4 is 9.64 Å². The van der Waals surface area contributed by atoms with E-state index in [0.29, 0.717) is 40.7 Å². The van der Waals surface area contributed by atoms with Crippen LogP contribution in [-0.4, -0.2) is 17.4 Å². The largest absolute Gasteiger partial charge is 0.492 e. The van der Waals surface area contributed by atoms with Crippen molar-refractivity contribution in [3.63, 3.8) is 0 Å². The van der Waals surface area contributed by atoms with Crippen molar-refractivity contribution >= 4 is 29.1 Å². The number of rotatable bonds is 7. The lowest BCUT2D eigenvalue weighted by atomic mass is 10.1. The molecule has 3 aromatic carbocycles. The van der Waals surface area contributed by atoms with Gasteiger partial charge >= 0.3 is 0 Å². The van der Waals surface area contributed by atoms with E-state index in [0.717, 1.165) is 11.3 Å². The summed E-state index contributed by atoms with van der Waals surface area (Å²) in [6, 6.07) is 26.8. The summed E-state index contributed by atoms with van der Waals surface area (Å²) in [5, 5.41) is 10.9. The highest BCUT2D eigenvalue weighted by Crippen LogP contribution is 2.40. The number of non-ortho nitro benzene ring substituents is 1. The van der Waals surface area contributed by atoms with Crippen molar-refractivity contribution in [3.05, 3.63) is 124 Å². The smallest absolute Gasteiger partial charge is 0.269 e. The van der Waals surface area contributed by atoms with E-state index in [1.54, 1.807) is 35.2 Å². The molecule has 0 saturated heterocycles. The molecule has 5 rings (SSSR count). The zero-order valence-electron chi connectivity index (χ0n) is 19.5. The number of furan rings is 1. The Hall–Kier alpha value is -4.91. The molecular weight excluding hydrogens is 456 g/mol. The van der Waals surface area contributed by atoms with Crippen LogP contribution >= 0.6 is 0 Å². The van der Waals surface area contributed by atoms with Crippen LogP contribution in [0.25, 0.3) is 23.1 Å². The Kier molecular flexibility index (Phi) is 6.19. The van der Waals surface area contributed by atoms with Crippen LogP contribution in [0.4, 0.5) is 11.4 Å². The Labute approximate surface area is 207 Å². The summed E-state index contributed by atoms with van der Waals surface area (Å²) in [6.07, 6.45) is 3.54. The Bertz CT molecular complexity index is 1480. The maximum atomic E-state index is 13.7. The number of hydrogen-bond acceptors (Lipinski definition) is 5. The first-order valence-electron chi connectivity index (χ1n) is 11.4. The van der Waals surface area contributed by atoms with Gasteiger partial charge in [0, 0.05) is 23.3 Å². The van der Waals surface area contributed by atoms with Crippen LogP contribution in [0, 0.1) is 10.1 Å². The van der Waals surface area contributed by atoms with Gasteiger partial charge in [-0.25, -0.2) is 0 Å². The molecule has 0 radical (unpaired) electrons. The molecule has 0 unspecified atom stereocenters. The Morgan fingerprint density at radius 1 is 0.917 bits per heavy atom. The Balaban J connectivity index is 1.52. The lowest BCUT2D eigenvalue weighted by Gasteiger charge is -2.23. The molecule has 1 aromatic heterocycles. The van der Waals surface area contributed by atoms with Crippen molar-refractivity contribution in [2.45, 2.75) is 6.92 Å². The number of nitro benzene ring substituents is 1. The molecule has 0 N–H and O–H groups in total. The van der Waals surface area contributed by atoms with E-state index in [1.165, 1.54) is 12.1 Å². The second-order valence-electron chi connectivity index (χ2n) is 8.04. The lowest BCUT2D eigenvalue weighted by molar-refractivity contribution is -0.384. The Morgan fingerprint density at radius 3 is 2.36 bits per heavy atom. The standard InChI is InChI=1S/C29H22N2O5/c1-2-35-28-11-7-6-10-25(28)30-26(20-8-4-3-5-9-20)19-22(29(30)32)18-24-16-17-27(36-24)21-12-14-23(15-13-21)31(33)34/h3-19H,2H2,1H3/b22-18+. The van der Waals surface area contributed by atoms with E-state index in [9.17, 15) is 14.9 Å². The normalized spacial score (nSPS) is 14.2. The number of nitrogens with zero attached hydrogens (tertiary/aromatic N) is 2. The molecule has 4 aromatic rings. The molecule has 178 valence electrons. The SMILES string of the molecule is CCOc1ccccc1N1C(=O)/C(=C/c2ccc(-c3ccc([N+](=O)[O-])cc3)o2)C=C1c1ccccc1. The van der Waals surface area contributed by atoms with Crippen LogP contribution in [0.3, 0.4) is 0 Å². The van der Waals surface area contributed by atoms with E-state index in [4.69, 9.17) is 9.15 Å². The number of para-hydroxylation sites is 2. The molecule has 36 heavy (non-hydrogen) atoms. The van der Waals surface area contributed by atoms with Gasteiger partial charge in [-0.15, -0.1) is 0 Å². The second-order valence-corrected chi connectivity index (χ2v) is 8.04. The predicted octanol–water partition coefficient (Wildman–Crippen LogP) is 6.72. The molecule has 0 bridgehead atoms. The maximum absolute atomic E-state index is 13.7. The van der Waals surface area contributed by atoms with Gasteiger partial charge in [-0.05, 0) is 61.0 Å². The fourth-order valence-corrected chi connectivity index (χ4v) is 4.08. The fourth-order valence-electron chi connectivity index (χ4n) is 4.08. The molecule has 0 spiro atoms.